The summed E-state index contributed by atoms with van der Waals surface area (Å²) in [6.45, 7) is 12.6. The van der Waals surface area contributed by atoms with Crippen LogP contribution < -0.4 is 5.32 Å². The highest BCUT2D eigenvalue weighted by Crippen LogP contribution is 2.22. The van der Waals surface area contributed by atoms with Crippen LogP contribution in [0.15, 0.2) is 24.3 Å². The predicted octanol–water partition coefficient (Wildman–Crippen LogP) is 2.78. The summed E-state index contributed by atoms with van der Waals surface area (Å²) in [5.74, 6) is 0. The Morgan fingerprint density at radius 2 is 1.78 bits per heavy atom. The van der Waals surface area contributed by atoms with Gasteiger partial charge in [-0.1, -0.05) is 45.0 Å². The molecule has 0 unspecified atom stereocenters. The fourth-order valence-electron chi connectivity index (χ4n) is 2.43. The first-order chi connectivity index (χ1) is 8.55. The fourth-order valence-corrected chi connectivity index (χ4v) is 2.43. The molecule has 1 aromatic rings. The Morgan fingerprint density at radius 1 is 1.06 bits per heavy atom. The molecule has 1 heterocycles. The maximum atomic E-state index is 3.45. The molecule has 0 aliphatic carbocycles. The lowest BCUT2D eigenvalue weighted by Gasteiger charge is -2.22. The van der Waals surface area contributed by atoms with Crippen molar-refractivity contribution < 1.29 is 0 Å². The van der Waals surface area contributed by atoms with E-state index in [2.05, 4.69) is 55.3 Å². The SMILES string of the molecule is CC(C)(C)c1ccc(CN2CCCNCC2)cc1. The molecule has 0 aromatic heterocycles. The van der Waals surface area contributed by atoms with E-state index in [0.717, 1.165) is 13.1 Å². The molecule has 1 N–H and O–H groups in total. The van der Waals surface area contributed by atoms with Gasteiger partial charge < -0.3 is 5.32 Å². The maximum absolute atomic E-state index is 3.45. The average molecular weight is 246 g/mol. The summed E-state index contributed by atoms with van der Waals surface area (Å²) in [5, 5.41) is 3.45. The molecule has 1 fully saturated rings. The number of nitrogens with zero attached hydrogens (tertiary/aromatic N) is 1. The van der Waals surface area contributed by atoms with E-state index < -0.39 is 0 Å². The molecule has 0 spiro atoms. The van der Waals surface area contributed by atoms with Crippen molar-refractivity contribution in [3.8, 4) is 0 Å². The lowest BCUT2D eigenvalue weighted by atomic mass is 9.87. The minimum atomic E-state index is 0.255. The minimum absolute atomic E-state index is 0.255. The first-order valence-corrected chi connectivity index (χ1v) is 7.08. The molecular weight excluding hydrogens is 220 g/mol. The number of hydrogen-bond donors (Lipinski definition) is 1. The van der Waals surface area contributed by atoms with Gasteiger partial charge in [-0.25, -0.2) is 0 Å². The van der Waals surface area contributed by atoms with Crippen LogP contribution in [0.5, 0.6) is 0 Å². The van der Waals surface area contributed by atoms with Crippen molar-refractivity contribution in [2.75, 3.05) is 26.2 Å². The third kappa shape index (κ3) is 3.82. The summed E-state index contributed by atoms with van der Waals surface area (Å²) in [6, 6.07) is 9.15. The van der Waals surface area contributed by atoms with Crippen molar-refractivity contribution in [2.45, 2.75) is 39.2 Å². The second-order valence-corrected chi connectivity index (χ2v) is 6.33. The first kappa shape index (κ1) is 13.6. The zero-order valence-corrected chi connectivity index (χ0v) is 12.0. The van der Waals surface area contributed by atoms with E-state index in [1.807, 2.05) is 0 Å². The van der Waals surface area contributed by atoms with Crippen molar-refractivity contribution in [3.05, 3.63) is 35.4 Å². The van der Waals surface area contributed by atoms with Crippen LogP contribution >= 0.6 is 0 Å². The van der Waals surface area contributed by atoms with Gasteiger partial charge in [0.05, 0.1) is 0 Å². The van der Waals surface area contributed by atoms with Crippen molar-refractivity contribution >= 4 is 0 Å². The Bertz CT molecular complexity index is 354. The molecule has 1 saturated heterocycles. The largest absolute Gasteiger partial charge is 0.315 e. The normalized spacial score (nSPS) is 18.6. The van der Waals surface area contributed by atoms with Crippen LogP contribution in [0, 0.1) is 0 Å². The van der Waals surface area contributed by atoms with Gasteiger partial charge in [-0.2, -0.15) is 0 Å². The van der Waals surface area contributed by atoms with Crippen LogP contribution in [-0.2, 0) is 12.0 Å². The molecule has 0 saturated carbocycles. The zero-order valence-electron chi connectivity index (χ0n) is 12.0. The van der Waals surface area contributed by atoms with E-state index in [-0.39, 0.29) is 5.41 Å². The molecule has 1 aliphatic rings. The van der Waals surface area contributed by atoms with Crippen LogP contribution in [-0.4, -0.2) is 31.1 Å². The third-order valence-electron chi connectivity index (χ3n) is 3.66. The van der Waals surface area contributed by atoms with Crippen molar-refractivity contribution in [1.82, 2.24) is 10.2 Å². The lowest BCUT2D eigenvalue weighted by Crippen LogP contribution is -2.27. The van der Waals surface area contributed by atoms with Gasteiger partial charge in [-0.15, -0.1) is 0 Å². The molecule has 0 bridgehead atoms. The zero-order chi connectivity index (χ0) is 13.0. The van der Waals surface area contributed by atoms with Crippen molar-refractivity contribution in [1.29, 1.82) is 0 Å². The quantitative estimate of drug-likeness (QED) is 0.863. The molecule has 2 nitrogen and oxygen atoms in total. The predicted molar refractivity (Wildman–Crippen MR) is 77.9 cm³/mol. The monoisotopic (exact) mass is 246 g/mol. The minimum Gasteiger partial charge on any atom is -0.315 e. The second kappa shape index (κ2) is 5.85. The van der Waals surface area contributed by atoms with Gasteiger partial charge >= 0.3 is 0 Å². The van der Waals surface area contributed by atoms with Gasteiger partial charge in [-0.05, 0) is 36.1 Å². The van der Waals surface area contributed by atoms with Gasteiger partial charge in [0, 0.05) is 19.6 Å². The Kier molecular flexibility index (Phi) is 4.41. The van der Waals surface area contributed by atoms with E-state index in [9.17, 15) is 0 Å². The number of hydrogen-bond acceptors (Lipinski definition) is 2. The Balaban J connectivity index is 1.97. The van der Waals surface area contributed by atoms with E-state index in [4.69, 9.17) is 0 Å². The van der Waals surface area contributed by atoms with Crippen LogP contribution in [0.25, 0.3) is 0 Å². The van der Waals surface area contributed by atoms with Crippen molar-refractivity contribution in [3.63, 3.8) is 0 Å². The summed E-state index contributed by atoms with van der Waals surface area (Å²) in [4.78, 5) is 2.55. The molecule has 2 rings (SSSR count). The Hall–Kier alpha value is -0.860. The third-order valence-corrected chi connectivity index (χ3v) is 3.66. The van der Waals surface area contributed by atoms with Gasteiger partial charge in [0.25, 0.3) is 0 Å². The van der Waals surface area contributed by atoms with E-state index in [1.54, 1.807) is 0 Å². The first-order valence-electron chi connectivity index (χ1n) is 7.08. The molecule has 100 valence electrons. The molecule has 1 aliphatic heterocycles. The van der Waals surface area contributed by atoms with Gasteiger partial charge in [0.15, 0.2) is 0 Å². The topological polar surface area (TPSA) is 15.3 Å². The number of benzene rings is 1. The standard InChI is InChI=1S/C16H26N2/c1-16(2,3)15-7-5-14(6-8-15)13-18-11-4-9-17-10-12-18/h5-8,17H,4,9-13H2,1-3H3. The summed E-state index contributed by atoms with van der Waals surface area (Å²) >= 11 is 0. The fraction of sp³-hybridized carbons (Fsp3) is 0.625. The molecule has 0 radical (unpaired) electrons. The highest BCUT2D eigenvalue weighted by molar-refractivity contribution is 5.27. The van der Waals surface area contributed by atoms with E-state index in [1.165, 1.54) is 37.2 Å². The summed E-state index contributed by atoms with van der Waals surface area (Å²) in [6.07, 6.45) is 1.26. The van der Waals surface area contributed by atoms with Crippen LogP contribution in [0.4, 0.5) is 0 Å². The lowest BCUT2D eigenvalue weighted by molar-refractivity contribution is 0.284. The highest BCUT2D eigenvalue weighted by Gasteiger charge is 2.13. The van der Waals surface area contributed by atoms with Crippen molar-refractivity contribution in [2.24, 2.45) is 0 Å². The van der Waals surface area contributed by atoms with E-state index in [0.29, 0.717) is 0 Å². The average Bonchev–Trinajstić information content (AvgIpc) is 2.57. The van der Waals surface area contributed by atoms with Crippen LogP contribution in [0.1, 0.15) is 38.3 Å². The number of rotatable bonds is 2. The smallest absolute Gasteiger partial charge is 0.0234 e. The molecule has 18 heavy (non-hydrogen) atoms. The molecular formula is C16H26N2. The van der Waals surface area contributed by atoms with Gasteiger partial charge in [0.1, 0.15) is 0 Å². The number of nitrogens with one attached hydrogen (secondary N) is 1. The highest BCUT2D eigenvalue weighted by atomic mass is 15.1. The summed E-state index contributed by atoms with van der Waals surface area (Å²) in [5.41, 5.74) is 3.11. The molecule has 2 heteroatoms. The maximum Gasteiger partial charge on any atom is 0.0234 e. The molecule has 0 atom stereocenters. The Morgan fingerprint density at radius 3 is 2.44 bits per heavy atom. The molecule has 1 aromatic carbocycles. The van der Waals surface area contributed by atoms with Crippen LogP contribution in [0.3, 0.4) is 0 Å². The molecule has 0 amide bonds. The van der Waals surface area contributed by atoms with Gasteiger partial charge in [0.2, 0.25) is 0 Å². The summed E-state index contributed by atoms with van der Waals surface area (Å²) in [7, 11) is 0. The van der Waals surface area contributed by atoms with Crippen LogP contribution in [0.2, 0.25) is 0 Å². The van der Waals surface area contributed by atoms with Gasteiger partial charge in [-0.3, -0.25) is 4.90 Å². The summed E-state index contributed by atoms with van der Waals surface area (Å²) < 4.78 is 0. The van der Waals surface area contributed by atoms with E-state index >= 15 is 0 Å². The second-order valence-electron chi connectivity index (χ2n) is 6.33. The Labute approximate surface area is 111 Å².